The lowest BCUT2D eigenvalue weighted by Crippen LogP contribution is -1.89. The Hall–Kier alpha value is -1.89. The van der Waals surface area contributed by atoms with Gasteiger partial charge in [-0.1, -0.05) is 0 Å². The van der Waals surface area contributed by atoms with E-state index in [1.807, 2.05) is 12.1 Å². The normalized spacial score (nSPS) is 10.4. The molecule has 0 fully saturated rings. The van der Waals surface area contributed by atoms with Crippen LogP contribution in [0, 0.1) is 3.57 Å². The summed E-state index contributed by atoms with van der Waals surface area (Å²) in [5, 5.41) is 0. The summed E-state index contributed by atoms with van der Waals surface area (Å²) >= 11 is 2.30. The lowest BCUT2D eigenvalue weighted by Gasteiger charge is -2.06. The maximum absolute atomic E-state index is 4.28. The Balaban J connectivity index is 2.12. The van der Waals surface area contributed by atoms with Gasteiger partial charge in [0.2, 0.25) is 0 Å². The van der Waals surface area contributed by atoms with Gasteiger partial charge in [0, 0.05) is 27.1 Å². The standard InChI is InChI=1S/C14H9IN4/c15-12-6-10(13-1-3-16-8-18-13)5-11(7-12)14-2-4-17-9-19-14/h1-9H. The van der Waals surface area contributed by atoms with E-state index in [1.165, 1.54) is 0 Å². The van der Waals surface area contributed by atoms with E-state index in [9.17, 15) is 0 Å². The highest BCUT2D eigenvalue weighted by molar-refractivity contribution is 14.1. The van der Waals surface area contributed by atoms with E-state index < -0.39 is 0 Å². The van der Waals surface area contributed by atoms with Gasteiger partial charge in [0.1, 0.15) is 12.7 Å². The van der Waals surface area contributed by atoms with Crippen LogP contribution in [0.2, 0.25) is 0 Å². The highest BCUT2D eigenvalue weighted by atomic mass is 127. The van der Waals surface area contributed by atoms with Gasteiger partial charge in [-0.25, -0.2) is 19.9 Å². The predicted molar refractivity (Wildman–Crippen MR) is 81.2 cm³/mol. The molecule has 0 N–H and O–H groups in total. The average molecular weight is 360 g/mol. The first-order valence-electron chi connectivity index (χ1n) is 5.66. The van der Waals surface area contributed by atoms with Gasteiger partial charge in [0.15, 0.2) is 0 Å². The van der Waals surface area contributed by atoms with Crippen LogP contribution >= 0.6 is 22.6 Å². The zero-order chi connectivity index (χ0) is 13.1. The average Bonchev–Trinajstić information content (AvgIpc) is 2.48. The molecule has 0 bridgehead atoms. The van der Waals surface area contributed by atoms with Crippen LogP contribution in [0.25, 0.3) is 22.5 Å². The molecule has 3 aromatic rings. The fourth-order valence-corrected chi connectivity index (χ4v) is 2.48. The van der Waals surface area contributed by atoms with Crippen molar-refractivity contribution < 1.29 is 0 Å². The summed E-state index contributed by atoms with van der Waals surface area (Å²) in [5.74, 6) is 0. The Kier molecular flexibility index (Phi) is 3.45. The molecule has 19 heavy (non-hydrogen) atoms. The van der Waals surface area contributed by atoms with E-state index in [-0.39, 0.29) is 0 Å². The number of nitrogens with zero attached hydrogens (tertiary/aromatic N) is 4. The van der Waals surface area contributed by atoms with Gasteiger partial charge in [-0.3, -0.25) is 0 Å². The lowest BCUT2D eigenvalue weighted by molar-refractivity contribution is 1.16. The second-order valence-electron chi connectivity index (χ2n) is 3.92. The minimum atomic E-state index is 0.906. The Morgan fingerprint density at radius 1 is 0.737 bits per heavy atom. The molecule has 0 aliphatic carbocycles. The Morgan fingerprint density at radius 3 is 1.68 bits per heavy atom. The summed E-state index contributed by atoms with van der Waals surface area (Å²) < 4.78 is 1.14. The third-order valence-electron chi connectivity index (χ3n) is 2.65. The summed E-state index contributed by atoms with van der Waals surface area (Å²) in [4.78, 5) is 16.4. The number of benzene rings is 1. The van der Waals surface area contributed by atoms with Crippen molar-refractivity contribution >= 4 is 22.6 Å². The summed E-state index contributed by atoms with van der Waals surface area (Å²) in [6.45, 7) is 0. The molecule has 0 aliphatic rings. The van der Waals surface area contributed by atoms with Crippen LogP contribution in [0.1, 0.15) is 0 Å². The topological polar surface area (TPSA) is 51.6 Å². The second kappa shape index (κ2) is 5.40. The Bertz CT molecular complexity index is 629. The van der Waals surface area contributed by atoms with E-state index in [4.69, 9.17) is 0 Å². The number of halogens is 1. The van der Waals surface area contributed by atoms with Crippen LogP contribution in [-0.2, 0) is 0 Å². The number of hydrogen-bond acceptors (Lipinski definition) is 4. The van der Waals surface area contributed by atoms with Crippen molar-refractivity contribution in [3.63, 3.8) is 0 Å². The van der Waals surface area contributed by atoms with E-state index in [0.29, 0.717) is 0 Å². The van der Waals surface area contributed by atoms with Crippen molar-refractivity contribution in [1.82, 2.24) is 19.9 Å². The fraction of sp³-hybridized carbons (Fsp3) is 0. The molecular formula is C14H9IN4. The van der Waals surface area contributed by atoms with Crippen LogP contribution in [0.4, 0.5) is 0 Å². The molecule has 5 heteroatoms. The molecule has 1 aromatic carbocycles. The third kappa shape index (κ3) is 2.76. The molecule has 92 valence electrons. The summed E-state index contributed by atoms with van der Waals surface area (Å²) in [6.07, 6.45) is 6.60. The van der Waals surface area contributed by atoms with Crippen LogP contribution in [0.3, 0.4) is 0 Å². The highest BCUT2D eigenvalue weighted by Gasteiger charge is 2.05. The molecule has 0 saturated carbocycles. The second-order valence-corrected chi connectivity index (χ2v) is 5.16. The first-order valence-corrected chi connectivity index (χ1v) is 6.74. The van der Waals surface area contributed by atoms with Gasteiger partial charge < -0.3 is 0 Å². The molecule has 2 aromatic heterocycles. The van der Waals surface area contributed by atoms with Gasteiger partial charge in [-0.15, -0.1) is 0 Å². The van der Waals surface area contributed by atoms with Gasteiger partial charge in [0.25, 0.3) is 0 Å². The van der Waals surface area contributed by atoms with Crippen molar-refractivity contribution in [3.8, 4) is 22.5 Å². The van der Waals surface area contributed by atoms with Crippen molar-refractivity contribution in [1.29, 1.82) is 0 Å². The molecule has 0 aliphatic heterocycles. The fourth-order valence-electron chi connectivity index (χ4n) is 1.81. The molecule has 4 nitrogen and oxygen atoms in total. The highest BCUT2D eigenvalue weighted by Crippen LogP contribution is 2.26. The summed E-state index contributed by atoms with van der Waals surface area (Å²) in [5.41, 5.74) is 3.93. The minimum absolute atomic E-state index is 0.906. The molecule has 0 atom stereocenters. The van der Waals surface area contributed by atoms with Gasteiger partial charge >= 0.3 is 0 Å². The van der Waals surface area contributed by atoms with Crippen LogP contribution in [0.15, 0.2) is 55.4 Å². The molecule has 2 heterocycles. The van der Waals surface area contributed by atoms with E-state index in [1.54, 1.807) is 25.0 Å². The van der Waals surface area contributed by atoms with Crippen LogP contribution in [-0.4, -0.2) is 19.9 Å². The molecule has 0 unspecified atom stereocenters. The van der Waals surface area contributed by atoms with Gasteiger partial charge in [0.05, 0.1) is 11.4 Å². The minimum Gasteiger partial charge on any atom is -0.245 e. The molecule has 0 saturated heterocycles. The maximum atomic E-state index is 4.28. The molecule has 0 spiro atoms. The molecule has 3 rings (SSSR count). The molecule has 0 radical (unpaired) electrons. The van der Waals surface area contributed by atoms with Crippen molar-refractivity contribution in [2.45, 2.75) is 0 Å². The Morgan fingerprint density at radius 2 is 1.26 bits per heavy atom. The van der Waals surface area contributed by atoms with Crippen LogP contribution < -0.4 is 0 Å². The largest absolute Gasteiger partial charge is 0.245 e. The first kappa shape index (κ1) is 12.2. The van der Waals surface area contributed by atoms with Crippen molar-refractivity contribution in [2.24, 2.45) is 0 Å². The van der Waals surface area contributed by atoms with Crippen LogP contribution in [0.5, 0.6) is 0 Å². The first-order chi connectivity index (χ1) is 9.33. The quantitative estimate of drug-likeness (QED) is 0.659. The zero-order valence-electron chi connectivity index (χ0n) is 9.86. The maximum Gasteiger partial charge on any atom is 0.116 e. The number of rotatable bonds is 2. The zero-order valence-corrected chi connectivity index (χ0v) is 12.0. The summed E-state index contributed by atoms with van der Waals surface area (Å²) in [6, 6.07) is 10.1. The van der Waals surface area contributed by atoms with E-state index in [2.05, 4.69) is 60.7 Å². The molecule has 0 amide bonds. The van der Waals surface area contributed by atoms with Gasteiger partial charge in [-0.05, 0) is 52.9 Å². The van der Waals surface area contributed by atoms with Gasteiger partial charge in [-0.2, -0.15) is 0 Å². The third-order valence-corrected chi connectivity index (χ3v) is 3.28. The smallest absolute Gasteiger partial charge is 0.116 e. The van der Waals surface area contributed by atoms with Crippen molar-refractivity contribution in [2.75, 3.05) is 0 Å². The van der Waals surface area contributed by atoms with Crippen molar-refractivity contribution in [3.05, 3.63) is 59.0 Å². The lowest BCUT2D eigenvalue weighted by atomic mass is 10.1. The predicted octanol–water partition coefficient (Wildman–Crippen LogP) is 3.21. The monoisotopic (exact) mass is 360 g/mol. The SMILES string of the molecule is Ic1cc(-c2ccncn2)cc(-c2ccncn2)c1. The van der Waals surface area contributed by atoms with E-state index >= 15 is 0 Å². The summed E-state index contributed by atoms with van der Waals surface area (Å²) in [7, 11) is 0. The molecular weight excluding hydrogens is 351 g/mol. The number of aromatic nitrogens is 4. The Labute approximate surface area is 124 Å². The number of hydrogen-bond donors (Lipinski definition) is 0. The van der Waals surface area contributed by atoms with E-state index in [0.717, 1.165) is 26.1 Å².